The third-order valence-corrected chi connectivity index (χ3v) is 3.84. The van der Waals surface area contributed by atoms with Gasteiger partial charge in [-0.1, -0.05) is 44.5 Å². The average Bonchev–Trinajstić information content (AvgIpc) is 2.52. The molecule has 0 bridgehead atoms. The molecule has 1 unspecified atom stereocenters. The van der Waals surface area contributed by atoms with Crippen LogP contribution in [0.2, 0.25) is 0 Å². The maximum atomic E-state index is 12.2. The lowest BCUT2D eigenvalue weighted by Crippen LogP contribution is -2.38. The van der Waals surface area contributed by atoms with E-state index in [2.05, 4.69) is 38.2 Å². The van der Waals surface area contributed by atoms with Crippen LogP contribution in [0.1, 0.15) is 38.3 Å². The van der Waals surface area contributed by atoms with E-state index in [1.807, 2.05) is 19.1 Å². The first-order valence-corrected chi connectivity index (χ1v) is 7.71. The van der Waals surface area contributed by atoms with Crippen LogP contribution in [0.4, 0.5) is 0 Å². The number of nitrogens with one attached hydrogen (secondary N) is 1. The van der Waals surface area contributed by atoms with Crippen LogP contribution in [-0.4, -0.2) is 25.0 Å². The Morgan fingerprint density at radius 1 is 1.41 bits per heavy atom. The van der Waals surface area contributed by atoms with Crippen LogP contribution in [-0.2, 0) is 9.53 Å². The van der Waals surface area contributed by atoms with Crippen molar-refractivity contribution in [3.8, 4) is 0 Å². The van der Waals surface area contributed by atoms with Gasteiger partial charge in [0.25, 0.3) is 0 Å². The number of aliphatic imine (C=N–C) groups is 1. The summed E-state index contributed by atoms with van der Waals surface area (Å²) in [4.78, 5) is 16.9. The van der Waals surface area contributed by atoms with E-state index in [0.717, 1.165) is 23.5 Å². The molecule has 0 fully saturated rings. The van der Waals surface area contributed by atoms with Crippen molar-refractivity contribution in [2.45, 2.75) is 40.2 Å². The van der Waals surface area contributed by atoms with Gasteiger partial charge in [-0.15, -0.1) is 0 Å². The number of allylic oxidation sites excluding steroid dienone is 1. The molecule has 1 aromatic rings. The van der Waals surface area contributed by atoms with Crippen LogP contribution >= 0.6 is 0 Å². The van der Waals surface area contributed by atoms with Gasteiger partial charge in [0.2, 0.25) is 0 Å². The van der Waals surface area contributed by atoms with E-state index in [-0.39, 0.29) is 17.9 Å². The highest BCUT2D eigenvalue weighted by atomic mass is 16.5. The third-order valence-electron chi connectivity index (χ3n) is 3.84. The fraction of sp³-hybridized carbons (Fsp3) is 0.444. The van der Waals surface area contributed by atoms with Crippen molar-refractivity contribution in [1.82, 2.24) is 5.32 Å². The van der Waals surface area contributed by atoms with Gasteiger partial charge in [0.05, 0.1) is 18.7 Å². The van der Waals surface area contributed by atoms with Gasteiger partial charge in [-0.3, -0.25) is 4.99 Å². The summed E-state index contributed by atoms with van der Waals surface area (Å²) in [6.45, 7) is 8.23. The Balaban J connectivity index is 2.48. The predicted octanol–water partition coefficient (Wildman–Crippen LogP) is 3.21. The molecule has 1 aliphatic rings. The van der Waals surface area contributed by atoms with Gasteiger partial charge in [0.1, 0.15) is 5.84 Å². The number of hydrogen-bond acceptors (Lipinski definition) is 4. The number of esters is 1. The summed E-state index contributed by atoms with van der Waals surface area (Å²) in [5, 5.41) is 3.33. The first-order valence-electron chi connectivity index (χ1n) is 7.71. The number of methoxy groups -OCH3 is 1. The lowest BCUT2D eigenvalue weighted by Gasteiger charge is -2.29. The maximum absolute atomic E-state index is 12.2. The summed E-state index contributed by atoms with van der Waals surface area (Å²) < 4.78 is 4.96. The summed E-state index contributed by atoms with van der Waals surface area (Å²) in [6.07, 6.45) is 0.735. The fourth-order valence-corrected chi connectivity index (χ4v) is 2.68. The molecule has 0 radical (unpaired) electrons. The molecule has 1 heterocycles. The number of carbonyl (C=O) groups is 1. The minimum atomic E-state index is -0.296. The molecular weight excluding hydrogens is 276 g/mol. The second kappa shape index (κ2) is 6.77. The lowest BCUT2D eigenvalue weighted by atomic mass is 9.92. The molecule has 4 nitrogen and oxygen atoms in total. The zero-order valence-corrected chi connectivity index (χ0v) is 13.9. The van der Waals surface area contributed by atoms with Gasteiger partial charge in [0, 0.05) is 11.3 Å². The van der Waals surface area contributed by atoms with Crippen molar-refractivity contribution in [2.75, 3.05) is 7.11 Å². The largest absolute Gasteiger partial charge is 0.466 e. The molecule has 2 rings (SSSR count). The molecule has 0 amide bonds. The van der Waals surface area contributed by atoms with Gasteiger partial charge < -0.3 is 10.1 Å². The summed E-state index contributed by atoms with van der Waals surface area (Å²) in [5.41, 5.74) is 3.78. The topological polar surface area (TPSA) is 50.7 Å². The Morgan fingerprint density at radius 2 is 2.14 bits per heavy atom. The van der Waals surface area contributed by atoms with Crippen LogP contribution in [0.15, 0.2) is 40.5 Å². The van der Waals surface area contributed by atoms with Crippen molar-refractivity contribution >= 4 is 11.8 Å². The number of hydrogen-bond donors (Lipinski definition) is 1. The number of amidine groups is 1. The summed E-state index contributed by atoms with van der Waals surface area (Å²) >= 11 is 0. The molecule has 1 N–H and O–H groups in total. The zero-order valence-electron chi connectivity index (χ0n) is 13.9. The molecule has 0 spiro atoms. The van der Waals surface area contributed by atoms with Crippen LogP contribution in [0, 0.1) is 12.8 Å². The van der Waals surface area contributed by atoms with Crippen molar-refractivity contribution < 1.29 is 9.53 Å². The smallest absolute Gasteiger partial charge is 0.337 e. The normalized spacial score (nSPS) is 18.1. The molecule has 1 aromatic carbocycles. The molecule has 22 heavy (non-hydrogen) atoms. The Hall–Kier alpha value is -2.10. The van der Waals surface area contributed by atoms with E-state index < -0.39 is 0 Å². The lowest BCUT2D eigenvalue weighted by molar-refractivity contribution is -0.136. The van der Waals surface area contributed by atoms with E-state index in [1.165, 1.54) is 12.7 Å². The van der Waals surface area contributed by atoms with E-state index >= 15 is 0 Å². The zero-order chi connectivity index (χ0) is 16.3. The summed E-state index contributed by atoms with van der Waals surface area (Å²) in [5.74, 6) is 0.750. The second-order valence-corrected chi connectivity index (χ2v) is 5.90. The minimum Gasteiger partial charge on any atom is -0.466 e. The molecule has 0 aliphatic carbocycles. The van der Waals surface area contributed by atoms with E-state index in [0.29, 0.717) is 5.57 Å². The molecule has 0 aromatic heterocycles. The predicted molar refractivity (Wildman–Crippen MR) is 88.8 cm³/mol. The number of nitrogens with zero attached hydrogens (tertiary/aromatic N) is 1. The highest BCUT2D eigenvalue weighted by Crippen LogP contribution is 2.26. The Morgan fingerprint density at radius 3 is 2.68 bits per heavy atom. The van der Waals surface area contributed by atoms with Crippen LogP contribution < -0.4 is 5.32 Å². The van der Waals surface area contributed by atoms with E-state index in [1.54, 1.807) is 0 Å². The third kappa shape index (κ3) is 3.21. The van der Waals surface area contributed by atoms with Crippen LogP contribution in [0.25, 0.3) is 0 Å². The van der Waals surface area contributed by atoms with Crippen molar-refractivity contribution in [3.05, 3.63) is 46.7 Å². The van der Waals surface area contributed by atoms with Gasteiger partial charge in [-0.05, 0) is 25.3 Å². The standard InChI is InChI=1S/C18H24N2O2/c1-6-14-15(18(21)22-5)16(11(2)3)20-17(19-14)13-9-7-8-12(4)10-13/h7-11,16H,6H2,1-5H3,(H,19,20). The molecule has 0 saturated carbocycles. The first kappa shape index (κ1) is 16.3. The van der Waals surface area contributed by atoms with Gasteiger partial charge in [-0.2, -0.15) is 0 Å². The number of rotatable bonds is 4. The highest BCUT2D eigenvalue weighted by Gasteiger charge is 2.31. The van der Waals surface area contributed by atoms with Gasteiger partial charge >= 0.3 is 5.97 Å². The maximum Gasteiger partial charge on any atom is 0.337 e. The van der Waals surface area contributed by atoms with Crippen LogP contribution in [0.5, 0.6) is 0 Å². The number of benzene rings is 1. The Bertz CT molecular complexity index is 630. The Kier molecular flexibility index (Phi) is 5.01. The minimum absolute atomic E-state index is 0.181. The molecule has 1 atom stereocenters. The number of ether oxygens (including phenoxy) is 1. The highest BCUT2D eigenvalue weighted by molar-refractivity contribution is 6.03. The van der Waals surface area contributed by atoms with E-state index in [4.69, 9.17) is 9.73 Å². The molecule has 118 valence electrons. The fourth-order valence-electron chi connectivity index (χ4n) is 2.68. The van der Waals surface area contributed by atoms with Crippen LogP contribution in [0.3, 0.4) is 0 Å². The average molecular weight is 300 g/mol. The van der Waals surface area contributed by atoms with Crippen molar-refractivity contribution in [1.29, 1.82) is 0 Å². The first-order chi connectivity index (χ1) is 10.5. The molecule has 0 saturated heterocycles. The van der Waals surface area contributed by atoms with Crippen molar-refractivity contribution in [3.63, 3.8) is 0 Å². The van der Waals surface area contributed by atoms with Crippen molar-refractivity contribution in [2.24, 2.45) is 10.9 Å². The number of aryl methyl sites for hydroxylation is 1. The molecule has 1 aliphatic heterocycles. The number of carbonyl (C=O) groups excluding carboxylic acids is 1. The molecular formula is C18H24N2O2. The quantitative estimate of drug-likeness (QED) is 0.869. The molecule has 4 heteroatoms. The summed E-state index contributed by atoms with van der Waals surface area (Å²) in [6, 6.07) is 8.03. The second-order valence-electron chi connectivity index (χ2n) is 5.90. The van der Waals surface area contributed by atoms with Gasteiger partial charge in [0.15, 0.2) is 0 Å². The monoisotopic (exact) mass is 300 g/mol. The SMILES string of the molecule is CCC1=C(C(=O)OC)C(C(C)C)N=C(c2cccc(C)c2)N1. The Labute approximate surface area is 132 Å². The summed E-state index contributed by atoms with van der Waals surface area (Å²) in [7, 11) is 1.42. The van der Waals surface area contributed by atoms with E-state index in [9.17, 15) is 4.79 Å². The van der Waals surface area contributed by atoms with Gasteiger partial charge in [-0.25, -0.2) is 4.79 Å².